The number of carbonyl (C=O) groups is 1. The molecular formula is C16H19ClN4O4S. The minimum atomic E-state index is -3.14. The Morgan fingerprint density at radius 1 is 1.42 bits per heavy atom. The van der Waals surface area contributed by atoms with E-state index in [1.807, 2.05) is 0 Å². The standard InChI is InChI=1S/C16H19ClN4O4S/c1-26(23,24)7-6-25-14-3-2-10(17)8-13(14)19-16(22)15-11-9-18-5-4-12(11)20-21-15/h2-3,8,18H,4-7,9H2,1H3,(H,19,22)(H,20,21). The summed E-state index contributed by atoms with van der Waals surface area (Å²) in [5.41, 5.74) is 2.46. The number of aromatic nitrogens is 2. The maximum absolute atomic E-state index is 12.6. The second kappa shape index (κ2) is 7.65. The van der Waals surface area contributed by atoms with E-state index in [2.05, 4.69) is 20.8 Å². The van der Waals surface area contributed by atoms with Crippen molar-refractivity contribution in [1.29, 1.82) is 0 Å². The van der Waals surface area contributed by atoms with Gasteiger partial charge in [0.05, 0.1) is 11.4 Å². The molecule has 0 spiro atoms. The van der Waals surface area contributed by atoms with Gasteiger partial charge in [0.1, 0.15) is 12.4 Å². The van der Waals surface area contributed by atoms with Gasteiger partial charge in [-0.3, -0.25) is 9.89 Å². The van der Waals surface area contributed by atoms with Gasteiger partial charge in [-0.05, 0) is 18.2 Å². The Bertz CT molecular complexity index is 926. The van der Waals surface area contributed by atoms with Crippen LogP contribution < -0.4 is 15.4 Å². The van der Waals surface area contributed by atoms with E-state index < -0.39 is 9.84 Å². The van der Waals surface area contributed by atoms with Crippen molar-refractivity contribution >= 4 is 33.0 Å². The number of H-pyrrole nitrogens is 1. The number of sulfone groups is 1. The highest BCUT2D eigenvalue weighted by atomic mass is 35.5. The van der Waals surface area contributed by atoms with E-state index in [0.717, 1.165) is 30.5 Å². The lowest BCUT2D eigenvalue weighted by Gasteiger charge is -2.14. The third-order valence-electron chi connectivity index (χ3n) is 3.92. The number of nitrogens with zero attached hydrogens (tertiary/aromatic N) is 1. The summed E-state index contributed by atoms with van der Waals surface area (Å²) < 4.78 is 28.0. The third-order valence-corrected chi connectivity index (χ3v) is 5.07. The van der Waals surface area contributed by atoms with Crippen LogP contribution in [0.1, 0.15) is 21.7 Å². The molecule has 1 aliphatic heterocycles. The molecule has 0 saturated heterocycles. The highest BCUT2D eigenvalue weighted by molar-refractivity contribution is 7.90. The molecule has 1 aromatic heterocycles. The van der Waals surface area contributed by atoms with Crippen LogP contribution in [0.4, 0.5) is 5.69 Å². The number of anilines is 1. The number of aromatic amines is 1. The van der Waals surface area contributed by atoms with Crippen LogP contribution >= 0.6 is 11.6 Å². The second-order valence-electron chi connectivity index (χ2n) is 6.03. The van der Waals surface area contributed by atoms with Crippen LogP contribution in [-0.4, -0.2) is 49.7 Å². The third kappa shape index (κ3) is 4.54. The predicted molar refractivity (Wildman–Crippen MR) is 98.6 cm³/mol. The molecule has 1 amide bonds. The molecule has 3 N–H and O–H groups in total. The smallest absolute Gasteiger partial charge is 0.276 e. The van der Waals surface area contributed by atoms with Crippen molar-refractivity contribution in [3.63, 3.8) is 0 Å². The number of hydrogen-bond donors (Lipinski definition) is 3. The zero-order valence-corrected chi connectivity index (χ0v) is 15.7. The summed E-state index contributed by atoms with van der Waals surface area (Å²) in [5.74, 6) is -0.169. The SMILES string of the molecule is CS(=O)(=O)CCOc1ccc(Cl)cc1NC(=O)c1n[nH]c2c1CNCC2. The van der Waals surface area contributed by atoms with Crippen LogP contribution in [0.25, 0.3) is 0 Å². The molecule has 0 atom stereocenters. The number of fused-ring (bicyclic) bond motifs is 1. The summed E-state index contributed by atoms with van der Waals surface area (Å²) >= 11 is 6.01. The quantitative estimate of drug-likeness (QED) is 0.677. The lowest BCUT2D eigenvalue weighted by molar-refractivity contribution is 0.102. The van der Waals surface area contributed by atoms with E-state index in [9.17, 15) is 13.2 Å². The van der Waals surface area contributed by atoms with E-state index in [0.29, 0.717) is 28.7 Å². The fourth-order valence-electron chi connectivity index (χ4n) is 2.62. The normalized spacial score (nSPS) is 13.9. The molecule has 0 unspecified atom stereocenters. The highest BCUT2D eigenvalue weighted by Crippen LogP contribution is 2.29. The van der Waals surface area contributed by atoms with Gasteiger partial charge in [-0.2, -0.15) is 5.10 Å². The summed E-state index contributed by atoms with van der Waals surface area (Å²) in [6.45, 7) is 1.38. The first-order valence-corrected chi connectivity index (χ1v) is 10.5. The van der Waals surface area contributed by atoms with Gasteiger partial charge in [0.2, 0.25) is 0 Å². The number of amides is 1. The maximum Gasteiger partial charge on any atom is 0.276 e. The Hall–Kier alpha value is -2.10. The molecule has 2 aromatic rings. The van der Waals surface area contributed by atoms with Crippen molar-refractivity contribution < 1.29 is 17.9 Å². The van der Waals surface area contributed by atoms with E-state index in [1.54, 1.807) is 18.2 Å². The molecule has 26 heavy (non-hydrogen) atoms. The first-order valence-electron chi connectivity index (χ1n) is 8.02. The molecule has 0 bridgehead atoms. The Labute approximate surface area is 156 Å². The van der Waals surface area contributed by atoms with Gasteiger partial charge in [-0.25, -0.2) is 8.42 Å². The number of halogens is 1. The Morgan fingerprint density at radius 2 is 2.23 bits per heavy atom. The molecule has 0 saturated carbocycles. The van der Waals surface area contributed by atoms with Crippen LogP contribution in [0.3, 0.4) is 0 Å². The van der Waals surface area contributed by atoms with Crippen LogP contribution in [0, 0.1) is 0 Å². The van der Waals surface area contributed by atoms with E-state index in [4.69, 9.17) is 16.3 Å². The Balaban J connectivity index is 1.77. The van der Waals surface area contributed by atoms with Gasteiger partial charge in [-0.15, -0.1) is 0 Å². The molecule has 3 rings (SSSR count). The maximum atomic E-state index is 12.6. The molecular weight excluding hydrogens is 380 g/mol. The summed E-state index contributed by atoms with van der Waals surface area (Å²) in [7, 11) is -3.14. The molecule has 1 aliphatic rings. The molecule has 0 radical (unpaired) electrons. The fraction of sp³-hybridized carbons (Fsp3) is 0.375. The summed E-state index contributed by atoms with van der Waals surface area (Å²) in [6, 6.07) is 4.74. The highest BCUT2D eigenvalue weighted by Gasteiger charge is 2.22. The molecule has 2 heterocycles. The second-order valence-corrected chi connectivity index (χ2v) is 8.73. The molecule has 10 heteroatoms. The van der Waals surface area contributed by atoms with Crippen molar-refractivity contribution in [2.24, 2.45) is 0 Å². The van der Waals surface area contributed by atoms with Crippen molar-refractivity contribution in [2.75, 3.05) is 30.5 Å². The Morgan fingerprint density at radius 3 is 3.00 bits per heavy atom. The predicted octanol–water partition coefficient (Wildman–Crippen LogP) is 1.38. The molecule has 140 valence electrons. The molecule has 1 aromatic carbocycles. The van der Waals surface area contributed by atoms with Crippen LogP contribution in [0.5, 0.6) is 5.75 Å². The average Bonchev–Trinajstić information content (AvgIpc) is 3.00. The number of rotatable bonds is 6. The van der Waals surface area contributed by atoms with Crippen LogP contribution in [0.2, 0.25) is 5.02 Å². The Kier molecular flexibility index (Phi) is 5.49. The average molecular weight is 399 g/mol. The lowest BCUT2D eigenvalue weighted by atomic mass is 10.1. The van der Waals surface area contributed by atoms with Gasteiger partial charge >= 0.3 is 0 Å². The van der Waals surface area contributed by atoms with Crippen molar-refractivity contribution in [3.8, 4) is 5.75 Å². The van der Waals surface area contributed by atoms with Crippen molar-refractivity contribution in [3.05, 3.63) is 40.2 Å². The molecule has 0 fully saturated rings. The molecule has 8 nitrogen and oxygen atoms in total. The van der Waals surface area contributed by atoms with Crippen molar-refractivity contribution in [1.82, 2.24) is 15.5 Å². The number of carbonyl (C=O) groups excluding carboxylic acids is 1. The van der Waals surface area contributed by atoms with Gasteiger partial charge < -0.3 is 15.4 Å². The van der Waals surface area contributed by atoms with Gasteiger partial charge in [0, 0.05) is 42.0 Å². The summed E-state index contributed by atoms with van der Waals surface area (Å²) in [6.07, 6.45) is 1.92. The van der Waals surface area contributed by atoms with E-state index in [-0.39, 0.29) is 18.3 Å². The zero-order valence-electron chi connectivity index (χ0n) is 14.1. The summed E-state index contributed by atoms with van der Waals surface area (Å²) in [5, 5.41) is 13.4. The summed E-state index contributed by atoms with van der Waals surface area (Å²) in [4.78, 5) is 12.6. The minimum Gasteiger partial charge on any atom is -0.490 e. The van der Waals surface area contributed by atoms with Gasteiger partial charge in [-0.1, -0.05) is 11.6 Å². The number of hydrogen-bond acceptors (Lipinski definition) is 6. The number of ether oxygens (including phenoxy) is 1. The lowest BCUT2D eigenvalue weighted by Crippen LogP contribution is -2.25. The first kappa shape index (κ1) is 18.7. The van der Waals surface area contributed by atoms with Crippen molar-refractivity contribution in [2.45, 2.75) is 13.0 Å². The van der Waals surface area contributed by atoms with Gasteiger partial charge in [0.15, 0.2) is 15.5 Å². The largest absolute Gasteiger partial charge is 0.490 e. The van der Waals surface area contributed by atoms with E-state index in [1.165, 1.54) is 0 Å². The fourth-order valence-corrected chi connectivity index (χ4v) is 3.18. The zero-order chi connectivity index (χ0) is 18.7. The topological polar surface area (TPSA) is 113 Å². The first-order chi connectivity index (χ1) is 12.3. The van der Waals surface area contributed by atoms with Gasteiger partial charge in [0.25, 0.3) is 5.91 Å². The van der Waals surface area contributed by atoms with Crippen LogP contribution in [-0.2, 0) is 22.8 Å². The monoisotopic (exact) mass is 398 g/mol. The minimum absolute atomic E-state index is 0.0228. The van der Waals surface area contributed by atoms with Crippen LogP contribution in [0.15, 0.2) is 18.2 Å². The van der Waals surface area contributed by atoms with E-state index >= 15 is 0 Å². The number of nitrogens with one attached hydrogen (secondary N) is 3. The molecule has 0 aliphatic carbocycles. The number of benzene rings is 1.